The first kappa shape index (κ1) is 13.6. The van der Waals surface area contributed by atoms with E-state index in [0.717, 1.165) is 17.6 Å². The zero-order valence-corrected chi connectivity index (χ0v) is 11.3. The predicted octanol–water partition coefficient (Wildman–Crippen LogP) is 2.20. The Labute approximate surface area is 105 Å². The van der Waals surface area contributed by atoms with Crippen molar-refractivity contribution in [3.05, 3.63) is 34.3 Å². The summed E-state index contributed by atoms with van der Waals surface area (Å²) in [6.45, 7) is 2.24. The minimum absolute atomic E-state index is 0.108. The van der Waals surface area contributed by atoms with Crippen molar-refractivity contribution in [2.45, 2.75) is 12.6 Å². The van der Waals surface area contributed by atoms with Gasteiger partial charge < -0.3 is 14.8 Å². The van der Waals surface area contributed by atoms with Crippen LogP contribution in [-0.4, -0.2) is 33.5 Å². The standard InChI is InChI=1S/C12H18BrNO2/c1-15-9-12(16-2)8-14-7-10-4-3-5-11(13)6-10/h3-6,12,14H,7-9H2,1-2H3. The highest BCUT2D eigenvalue weighted by atomic mass is 79.9. The van der Waals surface area contributed by atoms with E-state index < -0.39 is 0 Å². The zero-order valence-electron chi connectivity index (χ0n) is 9.70. The van der Waals surface area contributed by atoms with Gasteiger partial charge in [0.05, 0.1) is 12.7 Å². The molecule has 3 nitrogen and oxygen atoms in total. The summed E-state index contributed by atoms with van der Waals surface area (Å²) in [6.07, 6.45) is 0.108. The summed E-state index contributed by atoms with van der Waals surface area (Å²) in [4.78, 5) is 0. The van der Waals surface area contributed by atoms with Crippen LogP contribution in [0.2, 0.25) is 0 Å². The summed E-state index contributed by atoms with van der Waals surface area (Å²) < 4.78 is 11.4. The van der Waals surface area contributed by atoms with E-state index in [4.69, 9.17) is 9.47 Å². The van der Waals surface area contributed by atoms with Crippen LogP contribution in [0.5, 0.6) is 0 Å². The van der Waals surface area contributed by atoms with Crippen LogP contribution >= 0.6 is 15.9 Å². The third kappa shape index (κ3) is 5.07. The largest absolute Gasteiger partial charge is 0.382 e. The molecule has 0 bridgehead atoms. The average Bonchev–Trinajstić information content (AvgIpc) is 2.28. The number of rotatable bonds is 7. The van der Waals surface area contributed by atoms with E-state index in [9.17, 15) is 0 Å². The van der Waals surface area contributed by atoms with Gasteiger partial charge >= 0.3 is 0 Å². The highest BCUT2D eigenvalue weighted by Crippen LogP contribution is 2.11. The molecule has 0 saturated heterocycles. The highest BCUT2D eigenvalue weighted by molar-refractivity contribution is 9.10. The lowest BCUT2D eigenvalue weighted by Crippen LogP contribution is -2.31. The van der Waals surface area contributed by atoms with Crippen molar-refractivity contribution in [3.8, 4) is 0 Å². The summed E-state index contributed by atoms with van der Waals surface area (Å²) in [5, 5.41) is 3.34. The topological polar surface area (TPSA) is 30.5 Å². The van der Waals surface area contributed by atoms with Gasteiger partial charge in [0.15, 0.2) is 0 Å². The quantitative estimate of drug-likeness (QED) is 0.834. The molecule has 0 aliphatic heterocycles. The summed E-state index contributed by atoms with van der Waals surface area (Å²) in [7, 11) is 3.38. The highest BCUT2D eigenvalue weighted by Gasteiger charge is 2.05. The Hall–Kier alpha value is -0.420. The second-order valence-electron chi connectivity index (χ2n) is 3.57. The fourth-order valence-electron chi connectivity index (χ4n) is 1.42. The maximum atomic E-state index is 5.26. The summed E-state index contributed by atoms with van der Waals surface area (Å²) in [5.41, 5.74) is 1.25. The summed E-state index contributed by atoms with van der Waals surface area (Å²) in [5.74, 6) is 0. The van der Waals surface area contributed by atoms with Crippen molar-refractivity contribution in [2.24, 2.45) is 0 Å². The Morgan fingerprint density at radius 2 is 2.19 bits per heavy atom. The predicted molar refractivity (Wildman–Crippen MR) is 68.5 cm³/mol. The van der Waals surface area contributed by atoms with Crippen LogP contribution in [0.15, 0.2) is 28.7 Å². The fraction of sp³-hybridized carbons (Fsp3) is 0.500. The summed E-state index contributed by atoms with van der Waals surface area (Å²) >= 11 is 3.45. The number of nitrogens with one attached hydrogen (secondary N) is 1. The van der Waals surface area contributed by atoms with E-state index in [-0.39, 0.29) is 6.10 Å². The molecule has 1 N–H and O–H groups in total. The Morgan fingerprint density at radius 1 is 1.38 bits per heavy atom. The Kier molecular flexibility index (Phi) is 6.64. The molecule has 1 rings (SSSR count). The molecule has 1 atom stereocenters. The Bertz CT molecular complexity index is 307. The molecule has 90 valence electrons. The second-order valence-corrected chi connectivity index (χ2v) is 4.49. The maximum absolute atomic E-state index is 5.26. The van der Waals surface area contributed by atoms with Crippen LogP contribution in [-0.2, 0) is 16.0 Å². The van der Waals surface area contributed by atoms with Crippen LogP contribution in [0.25, 0.3) is 0 Å². The normalized spacial score (nSPS) is 12.7. The van der Waals surface area contributed by atoms with Crippen molar-refractivity contribution in [1.82, 2.24) is 5.32 Å². The molecule has 0 amide bonds. The molecular weight excluding hydrogens is 270 g/mol. The molecule has 0 aliphatic rings. The molecule has 0 fully saturated rings. The van der Waals surface area contributed by atoms with Crippen LogP contribution in [0.4, 0.5) is 0 Å². The van der Waals surface area contributed by atoms with Gasteiger partial charge in [-0.25, -0.2) is 0 Å². The van der Waals surface area contributed by atoms with E-state index >= 15 is 0 Å². The van der Waals surface area contributed by atoms with Crippen LogP contribution in [0, 0.1) is 0 Å². The summed E-state index contributed by atoms with van der Waals surface area (Å²) in [6, 6.07) is 8.25. The van der Waals surface area contributed by atoms with Gasteiger partial charge in [0.25, 0.3) is 0 Å². The first-order valence-corrected chi connectivity index (χ1v) is 6.02. The van der Waals surface area contributed by atoms with E-state index in [1.807, 2.05) is 12.1 Å². The molecule has 0 radical (unpaired) electrons. The van der Waals surface area contributed by atoms with Gasteiger partial charge in [-0.15, -0.1) is 0 Å². The lowest BCUT2D eigenvalue weighted by molar-refractivity contribution is 0.0288. The molecule has 0 aromatic heterocycles. The molecule has 1 unspecified atom stereocenters. The van der Waals surface area contributed by atoms with Gasteiger partial charge in [-0.05, 0) is 17.7 Å². The maximum Gasteiger partial charge on any atom is 0.0928 e. The molecule has 0 spiro atoms. The minimum Gasteiger partial charge on any atom is -0.382 e. The average molecular weight is 288 g/mol. The van der Waals surface area contributed by atoms with Crippen molar-refractivity contribution < 1.29 is 9.47 Å². The van der Waals surface area contributed by atoms with Gasteiger partial charge in [-0.3, -0.25) is 0 Å². The van der Waals surface area contributed by atoms with E-state index in [0.29, 0.717) is 6.61 Å². The van der Waals surface area contributed by atoms with Crippen LogP contribution in [0.3, 0.4) is 0 Å². The van der Waals surface area contributed by atoms with Crippen LogP contribution < -0.4 is 5.32 Å². The van der Waals surface area contributed by atoms with Gasteiger partial charge in [-0.2, -0.15) is 0 Å². The van der Waals surface area contributed by atoms with Gasteiger partial charge in [0.2, 0.25) is 0 Å². The van der Waals surface area contributed by atoms with Gasteiger partial charge in [-0.1, -0.05) is 28.1 Å². The number of hydrogen-bond donors (Lipinski definition) is 1. The monoisotopic (exact) mass is 287 g/mol. The smallest absolute Gasteiger partial charge is 0.0928 e. The van der Waals surface area contributed by atoms with E-state index in [1.54, 1.807) is 14.2 Å². The Balaban J connectivity index is 2.29. The molecule has 1 aromatic carbocycles. The fourth-order valence-corrected chi connectivity index (χ4v) is 1.87. The van der Waals surface area contributed by atoms with Gasteiger partial charge in [0.1, 0.15) is 0 Å². The molecule has 0 saturated carbocycles. The first-order valence-electron chi connectivity index (χ1n) is 5.23. The van der Waals surface area contributed by atoms with Crippen LogP contribution in [0.1, 0.15) is 5.56 Å². The number of ether oxygens (including phenoxy) is 2. The number of hydrogen-bond acceptors (Lipinski definition) is 3. The molecule has 1 aromatic rings. The van der Waals surface area contributed by atoms with Crippen molar-refractivity contribution >= 4 is 15.9 Å². The molecular formula is C12H18BrNO2. The third-order valence-electron chi connectivity index (χ3n) is 2.28. The van der Waals surface area contributed by atoms with E-state index in [2.05, 4.69) is 33.4 Å². The number of methoxy groups -OCH3 is 2. The van der Waals surface area contributed by atoms with Gasteiger partial charge in [0, 0.05) is 31.8 Å². The lowest BCUT2D eigenvalue weighted by atomic mass is 10.2. The van der Waals surface area contributed by atoms with E-state index in [1.165, 1.54) is 5.56 Å². The number of benzene rings is 1. The first-order chi connectivity index (χ1) is 7.76. The van der Waals surface area contributed by atoms with Crippen molar-refractivity contribution in [2.75, 3.05) is 27.4 Å². The zero-order chi connectivity index (χ0) is 11.8. The SMILES string of the molecule is COCC(CNCc1cccc(Br)c1)OC. The van der Waals surface area contributed by atoms with Crippen molar-refractivity contribution in [1.29, 1.82) is 0 Å². The van der Waals surface area contributed by atoms with Crippen molar-refractivity contribution in [3.63, 3.8) is 0 Å². The molecule has 0 aliphatic carbocycles. The minimum atomic E-state index is 0.108. The Morgan fingerprint density at radius 3 is 2.81 bits per heavy atom. The molecule has 16 heavy (non-hydrogen) atoms. The third-order valence-corrected chi connectivity index (χ3v) is 2.77. The molecule has 0 heterocycles. The molecule has 4 heteroatoms. The number of halogens is 1. The lowest BCUT2D eigenvalue weighted by Gasteiger charge is -2.15. The second kappa shape index (κ2) is 7.79.